The molecule has 1 aliphatic rings. The Hall–Kier alpha value is -3.66. The van der Waals surface area contributed by atoms with Crippen LogP contribution in [0.3, 0.4) is 0 Å². The summed E-state index contributed by atoms with van der Waals surface area (Å²) in [6.07, 6.45) is 1.25. The van der Waals surface area contributed by atoms with Gasteiger partial charge in [-0.3, -0.25) is 9.69 Å². The van der Waals surface area contributed by atoms with Gasteiger partial charge in [0.1, 0.15) is 24.0 Å². The number of nitrogens with zero attached hydrogens (tertiary/aromatic N) is 1. The van der Waals surface area contributed by atoms with E-state index >= 15 is 0 Å². The third-order valence-corrected chi connectivity index (χ3v) is 5.36. The van der Waals surface area contributed by atoms with Crippen molar-refractivity contribution in [2.75, 3.05) is 20.3 Å². The summed E-state index contributed by atoms with van der Waals surface area (Å²) in [5.74, 6) is 0.220. The van der Waals surface area contributed by atoms with E-state index in [-0.39, 0.29) is 18.9 Å². The molecule has 0 radical (unpaired) electrons. The number of halogens is 2. The van der Waals surface area contributed by atoms with Gasteiger partial charge in [-0.2, -0.15) is 8.78 Å². The topological polar surface area (TPSA) is 97.3 Å². The summed E-state index contributed by atoms with van der Waals surface area (Å²) in [6, 6.07) is 10.1. The van der Waals surface area contributed by atoms with E-state index in [1.165, 1.54) is 38.3 Å². The number of carbonyl (C=O) groups excluding carboxylic acids is 2. The van der Waals surface area contributed by atoms with E-state index in [4.69, 9.17) is 9.47 Å². The minimum atomic E-state index is -2.97. The summed E-state index contributed by atoms with van der Waals surface area (Å²) < 4.78 is 40.0. The van der Waals surface area contributed by atoms with Gasteiger partial charge in [0, 0.05) is 0 Å². The van der Waals surface area contributed by atoms with Crippen LogP contribution in [0.4, 0.5) is 13.6 Å². The molecule has 0 aromatic heterocycles. The predicted molar refractivity (Wildman–Crippen MR) is 119 cm³/mol. The molecule has 10 heteroatoms. The Morgan fingerprint density at radius 1 is 1.18 bits per heavy atom. The van der Waals surface area contributed by atoms with Gasteiger partial charge in [0.25, 0.3) is 5.91 Å². The van der Waals surface area contributed by atoms with Crippen LogP contribution < -0.4 is 19.5 Å². The molecule has 2 N–H and O–H groups in total. The number of alkyl halides is 2. The van der Waals surface area contributed by atoms with E-state index in [2.05, 4.69) is 16.6 Å². The first-order valence-corrected chi connectivity index (χ1v) is 10.5. The molecule has 3 rings (SSSR count). The van der Waals surface area contributed by atoms with Crippen molar-refractivity contribution in [2.24, 2.45) is 0 Å². The summed E-state index contributed by atoms with van der Waals surface area (Å²) in [6.45, 7) is 1.72. The van der Waals surface area contributed by atoms with E-state index < -0.39 is 30.2 Å². The van der Waals surface area contributed by atoms with Crippen molar-refractivity contribution in [3.05, 3.63) is 66.2 Å². The minimum absolute atomic E-state index is 0.0727. The first-order chi connectivity index (χ1) is 16.2. The van der Waals surface area contributed by atoms with Crippen molar-refractivity contribution in [1.82, 2.24) is 10.2 Å². The van der Waals surface area contributed by atoms with E-state index in [0.29, 0.717) is 23.5 Å². The molecule has 2 aromatic rings. The summed E-state index contributed by atoms with van der Waals surface area (Å²) in [7, 11) is 1.50. The number of rotatable bonds is 11. The van der Waals surface area contributed by atoms with Gasteiger partial charge < -0.3 is 24.6 Å². The molecule has 3 amide bonds. The Morgan fingerprint density at radius 2 is 1.88 bits per heavy atom. The van der Waals surface area contributed by atoms with E-state index in [1.54, 1.807) is 18.2 Å². The maximum absolute atomic E-state index is 13.0. The quantitative estimate of drug-likeness (QED) is 0.382. The van der Waals surface area contributed by atoms with Gasteiger partial charge in [-0.05, 0) is 48.7 Å². The largest absolute Gasteiger partial charge is 0.493 e. The number of benzene rings is 2. The van der Waals surface area contributed by atoms with Crippen LogP contribution >= 0.6 is 0 Å². The molecule has 0 saturated carbocycles. The number of carbonyl (C=O) groups is 2. The van der Waals surface area contributed by atoms with Crippen LogP contribution in [0.1, 0.15) is 18.1 Å². The van der Waals surface area contributed by atoms with Crippen molar-refractivity contribution < 1.29 is 37.7 Å². The van der Waals surface area contributed by atoms with E-state index in [9.17, 15) is 23.5 Å². The first kappa shape index (κ1) is 25.0. The molecule has 182 valence electrons. The molecule has 1 fully saturated rings. The smallest absolute Gasteiger partial charge is 0.387 e. The molecule has 8 nitrogen and oxygen atoms in total. The van der Waals surface area contributed by atoms with Crippen molar-refractivity contribution in [3.8, 4) is 17.2 Å². The normalized spacial score (nSPS) is 18.6. The number of aliphatic hydroxyl groups excluding tert-OH is 1. The zero-order valence-corrected chi connectivity index (χ0v) is 18.8. The molecule has 1 heterocycles. The Kier molecular flexibility index (Phi) is 7.72. The monoisotopic (exact) mass is 476 g/mol. The van der Waals surface area contributed by atoms with Crippen LogP contribution in [0.25, 0.3) is 0 Å². The van der Waals surface area contributed by atoms with Crippen LogP contribution in [0, 0.1) is 0 Å². The number of amides is 3. The highest BCUT2D eigenvalue weighted by atomic mass is 19.3. The number of allylic oxidation sites excluding steroid dienone is 1. The van der Waals surface area contributed by atoms with Crippen LogP contribution in [0.15, 0.2) is 55.1 Å². The van der Waals surface area contributed by atoms with Gasteiger partial charge in [0.2, 0.25) is 0 Å². The lowest BCUT2D eigenvalue weighted by atomic mass is 9.92. The standard InChI is InChI=1S/C24H26F2N2O6/c1-4-5-15-6-11-19(20(12-15)32-3)33-14-17(29)13-28-21(30)24(2,27-23(28)31)16-7-9-18(10-8-16)34-22(25)26/h4,6-12,17,22,29H,1,5,13-14H2,2-3H3,(H,27,31)/t17-,24+/m0/s1. The molecule has 34 heavy (non-hydrogen) atoms. The number of imide groups is 1. The number of β-amino-alcohol motifs (C(OH)–C–C–N with tert-alkyl or cyclic N) is 1. The zero-order chi connectivity index (χ0) is 24.9. The predicted octanol–water partition coefficient (Wildman–Crippen LogP) is 3.23. The van der Waals surface area contributed by atoms with Crippen LogP contribution in [0.5, 0.6) is 17.2 Å². The van der Waals surface area contributed by atoms with Crippen molar-refractivity contribution in [3.63, 3.8) is 0 Å². The Morgan fingerprint density at radius 3 is 2.50 bits per heavy atom. The molecule has 1 saturated heterocycles. The highest BCUT2D eigenvalue weighted by Crippen LogP contribution is 2.31. The molecule has 0 spiro atoms. The summed E-state index contributed by atoms with van der Waals surface area (Å²) in [5, 5.41) is 13.0. The van der Waals surface area contributed by atoms with Crippen molar-refractivity contribution in [1.29, 1.82) is 0 Å². The second-order valence-electron chi connectivity index (χ2n) is 7.82. The van der Waals surface area contributed by atoms with Gasteiger partial charge in [-0.1, -0.05) is 24.3 Å². The molecule has 2 atom stereocenters. The van der Waals surface area contributed by atoms with Gasteiger partial charge in [0.05, 0.1) is 13.7 Å². The SMILES string of the molecule is C=CCc1ccc(OC[C@@H](O)CN2C(=O)N[C@](C)(c3ccc(OC(F)F)cc3)C2=O)c(OC)c1. The highest BCUT2D eigenvalue weighted by Gasteiger charge is 2.49. The maximum Gasteiger partial charge on any atom is 0.387 e. The molecule has 0 unspecified atom stereocenters. The lowest BCUT2D eigenvalue weighted by Gasteiger charge is -2.23. The third kappa shape index (κ3) is 5.45. The molecular formula is C24H26F2N2O6. The van der Waals surface area contributed by atoms with Crippen LogP contribution in [0.2, 0.25) is 0 Å². The fourth-order valence-electron chi connectivity index (χ4n) is 3.60. The summed E-state index contributed by atoms with van der Waals surface area (Å²) in [4.78, 5) is 26.4. The lowest BCUT2D eigenvalue weighted by Crippen LogP contribution is -2.42. The molecule has 0 aliphatic carbocycles. The second kappa shape index (κ2) is 10.5. The molecular weight excluding hydrogens is 450 g/mol. The third-order valence-electron chi connectivity index (χ3n) is 5.36. The number of methoxy groups -OCH3 is 1. The minimum Gasteiger partial charge on any atom is -0.493 e. The molecule has 0 bridgehead atoms. The lowest BCUT2D eigenvalue weighted by molar-refractivity contribution is -0.132. The van der Waals surface area contributed by atoms with Crippen molar-refractivity contribution in [2.45, 2.75) is 31.6 Å². The van der Waals surface area contributed by atoms with E-state index in [1.807, 2.05) is 6.07 Å². The first-order valence-electron chi connectivity index (χ1n) is 10.5. The fraction of sp³-hybridized carbons (Fsp3) is 0.333. The Balaban J connectivity index is 1.64. The van der Waals surface area contributed by atoms with Gasteiger partial charge in [0.15, 0.2) is 11.5 Å². The fourth-order valence-corrected chi connectivity index (χ4v) is 3.60. The molecule has 1 aliphatic heterocycles. The van der Waals surface area contributed by atoms with Crippen LogP contribution in [-0.2, 0) is 16.8 Å². The van der Waals surface area contributed by atoms with Crippen molar-refractivity contribution >= 4 is 11.9 Å². The van der Waals surface area contributed by atoms with Gasteiger partial charge in [-0.15, -0.1) is 6.58 Å². The average molecular weight is 476 g/mol. The van der Waals surface area contributed by atoms with Gasteiger partial charge in [-0.25, -0.2) is 4.79 Å². The maximum atomic E-state index is 13.0. The Bertz CT molecular complexity index is 1050. The van der Waals surface area contributed by atoms with Crippen LogP contribution in [-0.4, -0.2) is 54.9 Å². The van der Waals surface area contributed by atoms with Gasteiger partial charge >= 0.3 is 12.6 Å². The number of aliphatic hydroxyl groups is 1. The number of hydrogen-bond donors (Lipinski definition) is 2. The average Bonchev–Trinajstić information content (AvgIpc) is 3.02. The number of urea groups is 1. The Labute approximate surface area is 195 Å². The zero-order valence-electron chi connectivity index (χ0n) is 18.8. The number of hydrogen-bond acceptors (Lipinski definition) is 6. The number of ether oxygens (including phenoxy) is 3. The summed E-state index contributed by atoms with van der Waals surface area (Å²) >= 11 is 0. The number of nitrogens with one attached hydrogen (secondary N) is 1. The second-order valence-corrected chi connectivity index (χ2v) is 7.82. The highest BCUT2D eigenvalue weighted by molar-refractivity contribution is 6.07. The van der Waals surface area contributed by atoms with E-state index in [0.717, 1.165) is 10.5 Å². The summed E-state index contributed by atoms with van der Waals surface area (Å²) in [5.41, 5.74) is -0.0668. The molecule has 2 aromatic carbocycles.